The molecule has 1 aromatic rings. The molecule has 2 rings (SSSR count). The molecule has 0 aliphatic heterocycles. The van der Waals surface area contributed by atoms with Gasteiger partial charge in [0.05, 0.1) is 10.8 Å². The van der Waals surface area contributed by atoms with Crippen molar-refractivity contribution in [2.45, 2.75) is 30.6 Å². The molecule has 0 aromatic heterocycles. The second-order valence-electron chi connectivity index (χ2n) is 4.80. The number of halogens is 1. The third kappa shape index (κ3) is 3.70. The van der Waals surface area contributed by atoms with Gasteiger partial charge in [0, 0.05) is 17.7 Å². The number of hydrogen-bond acceptors (Lipinski definition) is 4. The van der Waals surface area contributed by atoms with Crippen molar-refractivity contribution < 1.29 is 17.9 Å². The van der Waals surface area contributed by atoms with E-state index in [2.05, 4.69) is 0 Å². The Balaban J connectivity index is 1.98. The molecule has 0 saturated heterocycles. The third-order valence-electron chi connectivity index (χ3n) is 3.28. The molecule has 0 amide bonds. The largest absolute Gasteiger partial charge is 0.459 e. The maximum Gasteiger partial charge on any atom is 0.338 e. The first-order valence-corrected chi connectivity index (χ1v) is 8.35. The number of sulfone groups is 1. The summed E-state index contributed by atoms with van der Waals surface area (Å²) in [5, 5.41) is 0.0690. The van der Waals surface area contributed by atoms with Crippen LogP contribution in [0.3, 0.4) is 0 Å². The first-order valence-electron chi connectivity index (χ1n) is 6.01. The molecule has 6 heteroatoms. The molecule has 2 atom stereocenters. The Morgan fingerprint density at radius 2 is 2.11 bits per heavy atom. The van der Waals surface area contributed by atoms with Gasteiger partial charge in [-0.2, -0.15) is 0 Å². The lowest BCUT2D eigenvalue weighted by Crippen LogP contribution is -2.20. The lowest BCUT2D eigenvalue weighted by molar-refractivity contribution is 0.0318. The smallest absolute Gasteiger partial charge is 0.338 e. The van der Waals surface area contributed by atoms with E-state index in [0.29, 0.717) is 29.8 Å². The van der Waals surface area contributed by atoms with E-state index in [1.165, 1.54) is 12.3 Å². The van der Waals surface area contributed by atoms with Crippen LogP contribution in [0, 0.1) is 0 Å². The highest BCUT2D eigenvalue weighted by molar-refractivity contribution is 7.91. The van der Waals surface area contributed by atoms with Gasteiger partial charge in [0.15, 0.2) is 0 Å². The van der Waals surface area contributed by atoms with Gasteiger partial charge in [-0.15, -0.1) is 0 Å². The van der Waals surface area contributed by atoms with Gasteiger partial charge in [0.25, 0.3) is 0 Å². The summed E-state index contributed by atoms with van der Waals surface area (Å²) in [6.45, 7) is 0. The Bertz CT molecular complexity index is 582. The van der Waals surface area contributed by atoms with Crippen LogP contribution in [-0.4, -0.2) is 32.0 Å². The standard InChI is InChI=1S/C13H15ClO4S/c1-19(16,17)12-6-5-11(8-12)18-13(15)9-3-2-4-10(14)7-9/h2-4,7,11-12H,5-6,8H2,1H3. The molecule has 19 heavy (non-hydrogen) atoms. The van der Waals surface area contributed by atoms with Crippen LogP contribution < -0.4 is 0 Å². The molecule has 0 heterocycles. The third-order valence-corrected chi connectivity index (χ3v) is 5.15. The number of esters is 1. The minimum atomic E-state index is -3.06. The van der Waals surface area contributed by atoms with Crippen LogP contribution in [0.2, 0.25) is 5.02 Å². The van der Waals surface area contributed by atoms with Gasteiger partial charge < -0.3 is 4.74 Å². The zero-order valence-corrected chi connectivity index (χ0v) is 12.1. The van der Waals surface area contributed by atoms with Gasteiger partial charge in [0.1, 0.15) is 15.9 Å². The second-order valence-corrected chi connectivity index (χ2v) is 7.56. The van der Waals surface area contributed by atoms with Crippen molar-refractivity contribution in [3.05, 3.63) is 34.9 Å². The Morgan fingerprint density at radius 1 is 1.37 bits per heavy atom. The van der Waals surface area contributed by atoms with Gasteiger partial charge in [-0.25, -0.2) is 13.2 Å². The quantitative estimate of drug-likeness (QED) is 0.805. The Labute approximate surface area is 117 Å². The highest BCUT2D eigenvalue weighted by Gasteiger charge is 2.33. The molecule has 2 unspecified atom stereocenters. The lowest BCUT2D eigenvalue weighted by Gasteiger charge is -2.12. The minimum Gasteiger partial charge on any atom is -0.459 e. The fourth-order valence-electron chi connectivity index (χ4n) is 2.23. The predicted octanol–water partition coefficient (Wildman–Crippen LogP) is 2.46. The molecule has 1 aliphatic carbocycles. The van der Waals surface area contributed by atoms with Crippen LogP contribution in [0.1, 0.15) is 29.6 Å². The average Bonchev–Trinajstić information content (AvgIpc) is 2.77. The van der Waals surface area contributed by atoms with Crippen LogP contribution in [0.15, 0.2) is 24.3 Å². The van der Waals surface area contributed by atoms with E-state index < -0.39 is 21.1 Å². The molecule has 1 aromatic carbocycles. The minimum absolute atomic E-state index is 0.328. The fourth-order valence-corrected chi connectivity index (χ4v) is 3.55. The monoisotopic (exact) mass is 302 g/mol. The maximum absolute atomic E-state index is 11.9. The zero-order chi connectivity index (χ0) is 14.0. The van der Waals surface area contributed by atoms with Crippen molar-refractivity contribution >= 4 is 27.4 Å². The SMILES string of the molecule is CS(=O)(=O)C1CCC(OC(=O)c2cccc(Cl)c2)C1. The van der Waals surface area contributed by atoms with Gasteiger partial charge in [-0.1, -0.05) is 17.7 Å². The van der Waals surface area contributed by atoms with E-state index in [-0.39, 0.29) is 6.10 Å². The van der Waals surface area contributed by atoms with Gasteiger partial charge in [-0.3, -0.25) is 0 Å². The number of benzene rings is 1. The topological polar surface area (TPSA) is 60.4 Å². The molecule has 0 radical (unpaired) electrons. The molecule has 1 aliphatic rings. The summed E-state index contributed by atoms with van der Waals surface area (Å²) < 4.78 is 28.2. The molecule has 0 spiro atoms. The first kappa shape index (κ1) is 14.3. The number of rotatable bonds is 3. The van der Waals surface area contributed by atoms with E-state index in [4.69, 9.17) is 16.3 Å². The molecule has 1 saturated carbocycles. The van der Waals surface area contributed by atoms with Gasteiger partial charge in [0.2, 0.25) is 0 Å². The summed E-state index contributed by atoms with van der Waals surface area (Å²) in [7, 11) is -3.06. The van der Waals surface area contributed by atoms with Crippen LogP contribution >= 0.6 is 11.6 Å². The van der Waals surface area contributed by atoms with Crippen LogP contribution in [0.5, 0.6) is 0 Å². The first-order chi connectivity index (χ1) is 8.86. The Hall–Kier alpha value is -1.07. The van der Waals surface area contributed by atoms with Gasteiger partial charge in [-0.05, 0) is 31.0 Å². The van der Waals surface area contributed by atoms with Crippen molar-refractivity contribution in [2.75, 3.05) is 6.26 Å². The summed E-state index contributed by atoms with van der Waals surface area (Å²) >= 11 is 5.80. The average molecular weight is 303 g/mol. The summed E-state index contributed by atoms with van der Waals surface area (Å²) in [4.78, 5) is 11.9. The summed E-state index contributed by atoms with van der Waals surface area (Å²) in [6, 6.07) is 6.50. The fraction of sp³-hybridized carbons (Fsp3) is 0.462. The summed E-state index contributed by atoms with van der Waals surface area (Å²) in [6.07, 6.45) is 2.41. The molecule has 1 fully saturated rings. The molecule has 104 valence electrons. The van der Waals surface area contributed by atoms with E-state index >= 15 is 0 Å². The van der Waals surface area contributed by atoms with Crippen LogP contribution in [0.4, 0.5) is 0 Å². The van der Waals surface area contributed by atoms with E-state index in [1.807, 2.05) is 0 Å². The number of ether oxygens (including phenoxy) is 1. The van der Waals surface area contributed by atoms with Crippen molar-refractivity contribution in [2.24, 2.45) is 0 Å². The summed E-state index contributed by atoms with van der Waals surface area (Å²) in [5.41, 5.74) is 0.385. The van der Waals surface area contributed by atoms with Crippen molar-refractivity contribution in [3.63, 3.8) is 0 Å². The molecule has 4 nitrogen and oxygen atoms in total. The molecular weight excluding hydrogens is 288 g/mol. The Kier molecular flexibility index (Phi) is 4.16. The zero-order valence-electron chi connectivity index (χ0n) is 10.5. The van der Waals surface area contributed by atoms with Crippen molar-refractivity contribution in [3.8, 4) is 0 Å². The highest BCUT2D eigenvalue weighted by atomic mass is 35.5. The van der Waals surface area contributed by atoms with Gasteiger partial charge >= 0.3 is 5.97 Å². The molecule has 0 N–H and O–H groups in total. The summed E-state index contributed by atoms with van der Waals surface area (Å²) in [5.74, 6) is -0.457. The lowest BCUT2D eigenvalue weighted by atomic mass is 10.2. The Morgan fingerprint density at radius 3 is 2.68 bits per heavy atom. The second kappa shape index (κ2) is 5.51. The normalized spacial score (nSPS) is 23.3. The predicted molar refractivity (Wildman–Crippen MR) is 73.1 cm³/mol. The van der Waals surface area contributed by atoms with Crippen molar-refractivity contribution in [1.82, 2.24) is 0 Å². The van der Waals surface area contributed by atoms with E-state index in [1.54, 1.807) is 18.2 Å². The van der Waals surface area contributed by atoms with Crippen LogP contribution in [0.25, 0.3) is 0 Å². The van der Waals surface area contributed by atoms with E-state index in [0.717, 1.165) is 0 Å². The maximum atomic E-state index is 11.9. The van der Waals surface area contributed by atoms with E-state index in [9.17, 15) is 13.2 Å². The highest BCUT2D eigenvalue weighted by Crippen LogP contribution is 2.28. The molecular formula is C13H15ClO4S. The van der Waals surface area contributed by atoms with Crippen molar-refractivity contribution in [1.29, 1.82) is 0 Å². The molecule has 0 bridgehead atoms. The van der Waals surface area contributed by atoms with Crippen LogP contribution in [-0.2, 0) is 14.6 Å². The number of hydrogen-bond donors (Lipinski definition) is 0. The number of carbonyl (C=O) groups is 1. The number of carbonyl (C=O) groups excluding carboxylic acids is 1.